The van der Waals surface area contributed by atoms with Crippen LogP contribution in [0.4, 0.5) is 5.69 Å². The van der Waals surface area contributed by atoms with E-state index in [1.165, 1.54) is 0 Å². The normalized spacial score (nSPS) is 16.8. The van der Waals surface area contributed by atoms with Crippen LogP contribution in [-0.4, -0.2) is 42.5 Å². The highest BCUT2D eigenvalue weighted by Gasteiger charge is 2.32. The Bertz CT molecular complexity index is 805. The van der Waals surface area contributed by atoms with E-state index in [-0.39, 0.29) is 36.7 Å². The number of hydrogen-bond donors (Lipinski definition) is 2. The van der Waals surface area contributed by atoms with Gasteiger partial charge in [-0.2, -0.15) is 11.8 Å². The molecule has 1 unspecified atom stereocenters. The molecule has 0 spiro atoms. The van der Waals surface area contributed by atoms with Crippen LogP contribution in [0.15, 0.2) is 54.6 Å². The van der Waals surface area contributed by atoms with Crippen LogP contribution in [0.2, 0.25) is 0 Å². The lowest BCUT2D eigenvalue weighted by Crippen LogP contribution is -2.46. The Morgan fingerprint density at radius 2 is 1.86 bits per heavy atom. The van der Waals surface area contributed by atoms with Crippen LogP contribution in [0.1, 0.15) is 12.8 Å². The molecule has 1 heterocycles. The maximum absolute atomic E-state index is 12.4. The van der Waals surface area contributed by atoms with Crippen LogP contribution in [0.25, 0.3) is 0 Å². The van der Waals surface area contributed by atoms with Gasteiger partial charge in [-0.25, -0.2) is 0 Å². The second-order valence-corrected chi connectivity index (χ2v) is 7.70. The third-order valence-corrected chi connectivity index (χ3v) is 5.21. The molecule has 2 atom stereocenters. The molecule has 0 saturated carbocycles. The molecule has 2 amide bonds. The predicted molar refractivity (Wildman–Crippen MR) is 120 cm³/mol. The fraction of sp³-hybridized carbons (Fsp3) is 0.333. The molecule has 0 aliphatic carbocycles. The van der Waals surface area contributed by atoms with Crippen LogP contribution >= 0.6 is 24.2 Å². The first-order valence-corrected chi connectivity index (χ1v) is 10.6. The number of nitrogens with zero attached hydrogens (tertiary/aromatic N) is 1. The molecule has 1 fully saturated rings. The summed E-state index contributed by atoms with van der Waals surface area (Å²) in [4.78, 5) is 26.3. The fourth-order valence-corrected chi connectivity index (χ4v) is 3.55. The number of carbonyl (C=O) groups excluding carboxylic acids is 2. The highest BCUT2D eigenvalue weighted by Crippen LogP contribution is 2.27. The molecule has 2 aromatic carbocycles. The average Bonchev–Trinajstić information content (AvgIpc) is 3.07. The Kier molecular flexibility index (Phi) is 8.82. The van der Waals surface area contributed by atoms with E-state index in [1.807, 2.05) is 60.9 Å². The summed E-state index contributed by atoms with van der Waals surface area (Å²) in [6.07, 6.45) is 2.89. The van der Waals surface area contributed by atoms with Gasteiger partial charge in [0, 0.05) is 18.7 Å². The molecule has 29 heavy (non-hydrogen) atoms. The first-order valence-electron chi connectivity index (χ1n) is 9.25. The minimum Gasteiger partial charge on any atom is -0.457 e. The van der Waals surface area contributed by atoms with Gasteiger partial charge in [0.05, 0.1) is 12.1 Å². The van der Waals surface area contributed by atoms with E-state index < -0.39 is 6.04 Å². The number of carbonyl (C=O) groups is 2. The minimum atomic E-state index is -0.536. The Balaban J connectivity index is 0.00000300. The Morgan fingerprint density at radius 3 is 2.52 bits per heavy atom. The monoisotopic (exact) mass is 435 g/mol. The molecule has 0 aromatic heterocycles. The van der Waals surface area contributed by atoms with Crippen molar-refractivity contribution in [3.05, 3.63) is 54.6 Å². The number of amides is 2. The van der Waals surface area contributed by atoms with Gasteiger partial charge in [-0.3, -0.25) is 9.59 Å². The standard InChI is InChI=1S/C21H25N3O3S.ClH/c1-28-12-11-19(22)21(26)23-15-13-20(25)24(14-15)16-7-9-18(10-8-16)27-17-5-3-2-4-6-17;/h2-10,15,19H,11-14,22H2,1H3,(H,23,26);1H/t15?,19-;/m0./s1. The van der Waals surface area contributed by atoms with Crippen molar-refractivity contribution in [2.75, 3.05) is 23.5 Å². The molecule has 2 aromatic rings. The minimum absolute atomic E-state index is 0. The van der Waals surface area contributed by atoms with Crippen molar-refractivity contribution in [2.45, 2.75) is 24.9 Å². The van der Waals surface area contributed by atoms with Crippen LogP contribution in [0.3, 0.4) is 0 Å². The Morgan fingerprint density at radius 1 is 1.21 bits per heavy atom. The van der Waals surface area contributed by atoms with Gasteiger partial charge in [-0.05, 0) is 54.8 Å². The topological polar surface area (TPSA) is 84.7 Å². The zero-order valence-electron chi connectivity index (χ0n) is 16.2. The zero-order valence-corrected chi connectivity index (χ0v) is 17.9. The molecule has 0 bridgehead atoms. The molecule has 1 saturated heterocycles. The molecule has 156 valence electrons. The van der Waals surface area contributed by atoms with Gasteiger partial charge in [0.25, 0.3) is 0 Å². The van der Waals surface area contributed by atoms with E-state index in [4.69, 9.17) is 10.5 Å². The van der Waals surface area contributed by atoms with Gasteiger partial charge in [-0.15, -0.1) is 12.4 Å². The SMILES string of the molecule is CSCC[C@H](N)C(=O)NC1CC(=O)N(c2ccc(Oc3ccccc3)cc2)C1.Cl. The number of rotatable bonds is 8. The van der Waals surface area contributed by atoms with Gasteiger partial charge in [0.1, 0.15) is 11.5 Å². The van der Waals surface area contributed by atoms with E-state index in [0.29, 0.717) is 18.7 Å². The molecule has 6 nitrogen and oxygen atoms in total. The van der Waals surface area contributed by atoms with Gasteiger partial charge in [-0.1, -0.05) is 18.2 Å². The van der Waals surface area contributed by atoms with Gasteiger partial charge >= 0.3 is 0 Å². The molecule has 8 heteroatoms. The highest BCUT2D eigenvalue weighted by atomic mass is 35.5. The van der Waals surface area contributed by atoms with Gasteiger partial charge < -0.3 is 20.7 Å². The van der Waals surface area contributed by atoms with Crippen molar-refractivity contribution in [1.29, 1.82) is 0 Å². The van der Waals surface area contributed by atoms with Crippen molar-refractivity contribution in [2.24, 2.45) is 5.73 Å². The average molecular weight is 436 g/mol. The fourth-order valence-electron chi connectivity index (χ4n) is 3.06. The number of hydrogen-bond acceptors (Lipinski definition) is 5. The van der Waals surface area contributed by atoms with E-state index in [9.17, 15) is 9.59 Å². The number of nitrogens with two attached hydrogens (primary N) is 1. The summed E-state index contributed by atoms with van der Waals surface area (Å²) in [7, 11) is 0. The maximum Gasteiger partial charge on any atom is 0.237 e. The van der Waals surface area contributed by atoms with Crippen molar-refractivity contribution < 1.29 is 14.3 Å². The Hall–Kier alpha value is -2.22. The molecule has 0 radical (unpaired) electrons. The summed E-state index contributed by atoms with van der Waals surface area (Å²) in [5, 5.41) is 2.90. The molecule has 1 aliphatic rings. The summed E-state index contributed by atoms with van der Waals surface area (Å²) >= 11 is 1.66. The van der Waals surface area contributed by atoms with Gasteiger partial charge in [0.15, 0.2) is 0 Å². The number of benzene rings is 2. The van der Waals surface area contributed by atoms with E-state index in [2.05, 4.69) is 5.32 Å². The lowest BCUT2D eigenvalue weighted by Gasteiger charge is -2.19. The van der Waals surface area contributed by atoms with E-state index >= 15 is 0 Å². The maximum atomic E-state index is 12.4. The number of halogens is 1. The second-order valence-electron chi connectivity index (χ2n) is 6.71. The largest absolute Gasteiger partial charge is 0.457 e. The van der Waals surface area contributed by atoms with Crippen molar-refractivity contribution in [3.63, 3.8) is 0 Å². The third kappa shape index (κ3) is 6.39. The highest BCUT2D eigenvalue weighted by molar-refractivity contribution is 7.98. The van der Waals surface area contributed by atoms with Crippen LogP contribution in [0.5, 0.6) is 11.5 Å². The lowest BCUT2D eigenvalue weighted by molar-refractivity contribution is -0.123. The number of nitrogens with one attached hydrogen (secondary N) is 1. The first-order chi connectivity index (χ1) is 13.6. The molecular formula is C21H26ClN3O3S. The zero-order chi connectivity index (χ0) is 19.9. The number of para-hydroxylation sites is 1. The van der Waals surface area contributed by atoms with Gasteiger partial charge in [0.2, 0.25) is 11.8 Å². The Labute approximate surface area is 181 Å². The summed E-state index contributed by atoms with van der Waals surface area (Å²) in [6, 6.07) is 16.1. The summed E-state index contributed by atoms with van der Waals surface area (Å²) in [5.41, 5.74) is 6.69. The molecular weight excluding hydrogens is 410 g/mol. The number of ether oxygens (including phenoxy) is 1. The van der Waals surface area contributed by atoms with E-state index in [0.717, 1.165) is 17.2 Å². The number of anilines is 1. The third-order valence-electron chi connectivity index (χ3n) is 4.57. The smallest absolute Gasteiger partial charge is 0.237 e. The van der Waals surface area contributed by atoms with Crippen LogP contribution in [0, 0.1) is 0 Å². The summed E-state index contributed by atoms with van der Waals surface area (Å²) < 4.78 is 5.78. The summed E-state index contributed by atoms with van der Waals surface area (Å²) in [6.45, 7) is 0.443. The molecule has 3 N–H and O–H groups in total. The first kappa shape index (κ1) is 23.1. The lowest BCUT2D eigenvalue weighted by atomic mass is 10.2. The predicted octanol–water partition coefficient (Wildman–Crippen LogP) is 3.20. The molecule has 1 aliphatic heterocycles. The van der Waals surface area contributed by atoms with E-state index in [1.54, 1.807) is 16.7 Å². The quantitative estimate of drug-likeness (QED) is 0.665. The van der Waals surface area contributed by atoms with Crippen molar-refractivity contribution in [3.8, 4) is 11.5 Å². The van der Waals surface area contributed by atoms with Crippen molar-refractivity contribution >= 4 is 41.7 Å². The van der Waals surface area contributed by atoms with Crippen LogP contribution < -0.4 is 20.7 Å². The number of thioether (sulfide) groups is 1. The summed E-state index contributed by atoms with van der Waals surface area (Å²) in [5.74, 6) is 2.08. The van der Waals surface area contributed by atoms with Crippen LogP contribution in [-0.2, 0) is 9.59 Å². The van der Waals surface area contributed by atoms with Crippen molar-refractivity contribution in [1.82, 2.24) is 5.32 Å². The molecule has 3 rings (SSSR count). The second kappa shape index (κ2) is 11.1.